The summed E-state index contributed by atoms with van der Waals surface area (Å²) < 4.78 is 6.12. The maximum absolute atomic E-state index is 8.77. The molecule has 0 saturated heterocycles. The molecule has 0 radical (unpaired) electrons. The number of aromatic nitrogens is 5. The van der Waals surface area contributed by atoms with Crippen LogP contribution in [0.1, 0.15) is 25.0 Å². The predicted octanol–water partition coefficient (Wildman–Crippen LogP) is 2.14. The Hall–Kier alpha value is -3.51. The summed E-state index contributed by atoms with van der Waals surface area (Å²) in [6.07, 6.45) is 7.47. The van der Waals surface area contributed by atoms with E-state index in [0.29, 0.717) is 23.1 Å². The van der Waals surface area contributed by atoms with Gasteiger partial charge in [-0.05, 0) is 31.4 Å². The fraction of sp³-hybridized carbons (Fsp3) is 0.278. The molecule has 1 saturated carbocycles. The molecule has 0 aromatic carbocycles. The molecule has 0 amide bonds. The zero-order valence-electron chi connectivity index (χ0n) is 14.5. The van der Waals surface area contributed by atoms with Gasteiger partial charge in [0.2, 0.25) is 0 Å². The monoisotopic (exact) mass is 362 g/mol. The summed E-state index contributed by atoms with van der Waals surface area (Å²) >= 11 is 0. The smallest absolute Gasteiger partial charge is 0.158 e. The van der Waals surface area contributed by atoms with Crippen LogP contribution >= 0.6 is 0 Å². The fourth-order valence-electron chi connectivity index (χ4n) is 3.04. The lowest BCUT2D eigenvalue weighted by Gasteiger charge is -2.15. The van der Waals surface area contributed by atoms with Crippen molar-refractivity contribution in [1.82, 2.24) is 25.1 Å². The minimum Gasteiger partial charge on any atom is -0.488 e. The van der Waals surface area contributed by atoms with E-state index in [4.69, 9.17) is 15.7 Å². The largest absolute Gasteiger partial charge is 0.488 e. The molecule has 1 aliphatic rings. The number of aromatic amines is 1. The number of nitriles is 1. The first kappa shape index (κ1) is 16.9. The number of H-pyrrole nitrogens is 1. The molecule has 136 valence electrons. The summed E-state index contributed by atoms with van der Waals surface area (Å²) in [6.45, 7) is 0. The fourth-order valence-corrected chi connectivity index (χ4v) is 3.04. The van der Waals surface area contributed by atoms with Crippen molar-refractivity contribution in [2.45, 2.75) is 31.4 Å². The minimum atomic E-state index is 0.109. The van der Waals surface area contributed by atoms with E-state index in [-0.39, 0.29) is 17.8 Å². The lowest BCUT2D eigenvalue weighted by Crippen LogP contribution is -2.19. The molecule has 0 bridgehead atoms. The summed E-state index contributed by atoms with van der Waals surface area (Å²) in [5.41, 5.74) is 7.63. The number of pyridine rings is 1. The quantitative estimate of drug-likeness (QED) is 0.627. The zero-order valence-corrected chi connectivity index (χ0v) is 14.5. The standard InChI is InChI=1S/C18H18N8O/c19-8-12-9-23-17(10-22-12)24-16-7-14(25-26-16)18-15(2-1-5-21-18)27-13-4-3-11(20)6-13/h1-2,5,7,9-11,13H,3-4,6,20H2,(H2,23,24,25,26)/t11-,13-/m0/s1. The van der Waals surface area contributed by atoms with Gasteiger partial charge in [-0.1, -0.05) is 0 Å². The average molecular weight is 362 g/mol. The van der Waals surface area contributed by atoms with Crippen LogP contribution in [0.5, 0.6) is 5.75 Å². The molecule has 0 spiro atoms. The third kappa shape index (κ3) is 3.86. The summed E-state index contributed by atoms with van der Waals surface area (Å²) in [4.78, 5) is 12.5. The van der Waals surface area contributed by atoms with Crippen LogP contribution in [0.2, 0.25) is 0 Å². The van der Waals surface area contributed by atoms with E-state index in [1.54, 1.807) is 6.20 Å². The van der Waals surface area contributed by atoms with Crippen molar-refractivity contribution in [3.8, 4) is 23.2 Å². The van der Waals surface area contributed by atoms with Gasteiger partial charge in [-0.3, -0.25) is 10.1 Å². The molecular formula is C18H18N8O. The normalized spacial score (nSPS) is 18.8. The lowest BCUT2D eigenvalue weighted by molar-refractivity contribution is 0.208. The second kappa shape index (κ2) is 7.39. The number of nitrogens with one attached hydrogen (secondary N) is 2. The van der Waals surface area contributed by atoms with Crippen LogP contribution in [0, 0.1) is 11.3 Å². The van der Waals surface area contributed by atoms with Gasteiger partial charge in [-0.2, -0.15) is 10.4 Å². The van der Waals surface area contributed by atoms with Gasteiger partial charge >= 0.3 is 0 Å². The summed E-state index contributed by atoms with van der Waals surface area (Å²) in [5, 5.41) is 19.0. The van der Waals surface area contributed by atoms with Crippen LogP contribution in [0.3, 0.4) is 0 Å². The van der Waals surface area contributed by atoms with Crippen LogP contribution < -0.4 is 15.8 Å². The minimum absolute atomic E-state index is 0.109. The van der Waals surface area contributed by atoms with Gasteiger partial charge in [0, 0.05) is 18.3 Å². The van der Waals surface area contributed by atoms with E-state index < -0.39 is 0 Å². The van der Waals surface area contributed by atoms with E-state index in [2.05, 4.69) is 30.5 Å². The van der Waals surface area contributed by atoms with Crippen LogP contribution in [0.25, 0.3) is 11.4 Å². The Bertz CT molecular complexity index is 962. The van der Waals surface area contributed by atoms with Gasteiger partial charge in [-0.25, -0.2) is 9.97 Å². The van der Waals surface area contributed by atoms with Crippen molar-refractivity contribution < 1.29 is 4.74 Å². The van der Waals surface area contributed by atoms with Crippen LogP contribution in [0.15, 0.2) is 36.8 Å². The van der Waals surface area contributed by atoms with Gasteiger partial charge in [-0.15, -0.1) is 0 Å². The van der Waals surface area contributed by atoms with E-state index in [1.165, 1.54) is 12.4 Å². The van der Waals surface area contributed by atoms with Crippen molar-refractivity contribution in [2.75, 3.05) is 5.32 Å². The first-order chi connectivity index (χ1) is 13.2. The Balaban J connectivity index is 1.52. The first-order valence-corrected chi connectivity index (χ1v) is 8.63. The molecule has 3 aromatic heterocycles. The molecule has 3 aromatic rings. The van der Waals surface area contributed by atoms with Crippen LogP contribution in [-0.4, -0.2) is 37.3 Å². The van der Waals surface area contributed by atoms with Crippen LogP contribution in [-0.2, 0) is 0 Å². The number of nitrogens with two attached hydrogens (primary N) is 1. The third-order valence-electron chi connectivity index (χ3n) is 4.34. The highest BCUT2D eigenvalue weighted by atomic mass is 16.5. The molecule has 1 aliphatic carbocycles. The third-order valence-corrected chi connectivity index (χ3v) is 4.34. The Labute approximate surface area is 155 Å². The number of nitrogens with zero attached hydrogens (tertiary/aromatic N) is 5. The Kier molecular flexibility index (Phi) is 4.63. The summed E-state index contributed by atoms with van der Waals surface area (Å²) in [6, 6.07) is 7.68. The molecule has 2 atom stereocenters. The molecule has 4 rings (SSSR count). The maximum Gasteiger partial charge on any atom is 0.158 e. The molecule has 1 fully saturated rings. The van der Waals surface area contributed by atoms with Crippen molar-refractivity contribution in [3.05, 3.63) is 42.5 Å². The molecule has 27 heavy (non-hydrogen) atoms. The predicted molar refractivity (Wildman–Crippen MR) is 98.1 cm³/mol. The Morgan fingerprint density at radius 3 is 2.89 bits per heavy atom. The van der Waals surface area contributed by atoms with Gasteiger partial charge in [0.1, 0.15) is 29.4 Å². The molecule has 9 nitrogen and oxygen atoms in total. The second-order valence-electron chi connectivity index (χ2n) is 6.35. The van der Waals surface area contributed by atoms with Gasteiger partial charge < -0.3 is 15.8 Å². The molecule has 9 heteroatoms. The number of hydrogen-bond donors (Lipinski definition) is 3. The zero-order chi connectivity index (χ0) is 18.6. The highest BCUT2D eigenvalue weighted by Gasteiger charge is 2.24. The number of anilines is 2. The molecule has 4 N–H and O–H groups in total. The lowest BCUT2D eigenvalue weighted by atomic mass is 10.2. The molecular weight excluding hydrogens is 344 g/mol. The van der Waals surface area contributed by atoms with Gasteiger partial charge in [0.05, 0.1) is 18.1 Å². The SMILES string of the molecule is N#Cc1cnc(Nc2cc(-c3ncccc3O[C@H]3CC[C@H](N)C3)[nH]n2)cn1. The molecule has 0 unspecified atom stereocenters. The van der Waals surface area contributed by atoms with Crippen LogP contribution in [0.4, 0.5) is 11.6 Å². The van der Waals surface area contributed by atoms with E-state index in [0.717, 1.165) is 25.0 Å². The van der Waals surface area contributed by atoms with Crippen molar-refractivity contribution in [1.29, 1.82) is 5.26 Å². The molecule has 0 aliphatic heterocycles. The Morgan fingerprint density at radius 1 is 1.22 bits per heavy atom. The Morgan fingerprint density at radius 2 is 2.15 bits per heavy atom. The number of ether oxygens (including phenoxy) is 1. The topological polar surface area (TPSA) is 138 Å². The summed E-state index contributed by atoms with van der Waals surface area (Å²) in [5.74, 6) is 1.75. The van der Waals surface area contributed by atoms with E-state index in [1.807, 2.05) is 24.3 Å². The number of rotatable bonds is 5. The van der Waals surface area contributed by atoms with Gasteiger partial charge in [0.25, 0.3) is 0 Å². The highest BCUT2D eigenvalue weighted by Crippen LogP contribution is 2.31. The maximum atomic E-state index is 8.77. The van der Waals surface area contributed by atoms with Crippen molar-refractivity contribution in [2.24, 2.45) is 5.73 Å². The van der Waals surface area contributed by atoms with Gasteiger partial charge in [0.15, 0.2) is 11.5 Å². The average Bonchev–Trinajstić information content (AvgIpc) is 3.32. The van der Waals surface area contributed by atoms with E-state index >= 15 is 0 Å². The summed E-state index contributed by atoms with van der Waals surface area (Å²) in [7, 11) is 0. The first-order valence-electron chi connectivity index (χ1n) is 8.63. The van der Waals surface area contributed by atoms with Crippen molar-refractivity contribution >= 4 is 11.6 Å². The second-order valence-corrected chi connectivity index (χ2v) is 6.35. The van der Waals surface area contributed by atoms with Crippen molar-refractivity contribution in [3.63, 3.8) is 0 Å². The highest BCUT2D eigenvalue weighted by molar-refractivity contribution is 5.66. The van der Waals surface area contributed by atoms with E-state index in [9.17, 15) is 0 Å². The molecule has 3 heterocycles. The number of hydrogen-bond acceptors (Lipinski definition) is 8.